The van der Waals surface area contributed by atoms with E-state index in [1.54, 1.807) is 0 Å². The van der Waals surface area contributed by atoms with Crippen LogP contribution in [0.4, 0.5) is 0 Å². The minimum Gasteiger partial charge on any atom is -0.657 e. The molecule has 0 unspecified atom stereocenters. The second-order valence-electron chi connectivity index (χ2n) is 3.09. The molecule has 0 heterocycles. The Morgan fingerprint density at radius 1 is 0.750 bits per heavy atom. The van der Waals surface area contributed by atoms with Gasteiger partial charge in [0.15, 0.2) is 0 Å². The molecule has 12 heavy (non-hydrogen) atoms. The molecule has 0 aliphatic carbocycles. The first-order valence-corrected chi connectivity index (χ1v) is 4.98. The SMILES string of the molecule is CCC(CC)[N-]C(CC)CC.[Na+]. The Bertz CT molecular complexity index is 67.9. The van der Waals surface area contributed by atoms with Crippen LogP contribution >= 0.6 is 0 Å². The fraction of sp³-hybridized carbons (Fsp3) is 1.00. The minimum atomic E-state index is 0. The summed E-state index contributed by atoms with van der Waals surface area (Å²) in [5, 5.41) is 4.75. The standard InChI is InChI=1S/C10H22N.Na/c1-5-9(6-2)11-10(7-3)8-4;/h9-10H,5-8H2,1-4H3;/q-1;+1. The molecule has 0 saturated heterocycles. The molecule has 0 aliphatic heterocycles. The van der Waals surface area contributed by atoms with E-state index in [0.717, 1.165) is 0 Å². The second kappa shape index (κ2) is 10.0. The number of rotatable bonds is 6. The molecule has 1 nitrogen and oxygen atoms in total. The van der Waals surface area contributed by atoms with Crippen molar-refractivity contribution in [2.45, 2.75) is 65.5 Å². The van der Waals surface area contributed by atoms with Gasteiger partial charge in [0.05, 0.1) is 0 Å². The molecule has 68 valence electrons. The Kier molecular flexibility index (Phi) is 12.9. The van der Waals surface area contributed by atoms with E-state index in [1.165, 1.54) is 25.7 Å². The van der Waals surface area contributed by atoms with Crippen molar-refractivity contribution in [1.29, 1.82) is 0 Å². The van der Waals surface area contributed by atoms with Gasteiger partial charge in [0, 0.05) is 0 Å². The summed E-state index contributed by atoms with van der Waals surface area (Å²) in [7, 11) is 0. The second-order valence-corrected chi connectivity index (χ2v) is 3.09. The number of nitrogens with zero attached hydrogens (tertiary/aromatic N) is 1. The van der Waals surface area contributed by atoms with E-state index in [-0.39, 0.29) is 29.6 Å². The molecular weight excluding hydrogens is 157 g/mol. The van der Waals surface area contributed by atoms with E-state index >= 15 is 0 Å². The quantitative estimate of drug-likeness (QED) is 0.534. The summed E-state index contributed by atoms with van der Waals surface area (Å²) in [6, 6.07) is 1.22. The van der Waals surface area contributed by atoms with E-state index < -0.39 is 0 Å². The van der Waals surface area contributed by atoms with Gasteiger partial charge in [-0.1, -0.05) is 53.4 Å². The Balaban J connectivity index is 0. The van der Waals surface area contributed by atoms with E-state index in [9.17, 15) is 0 Å². The molecule has 0 fully saturated rings. The zero-order chi connectivity index (χ0) is 8.69. The van der Waals surface area contributed by atoms with Crippen LogP contribution in [-0.2, 0) is 0 Å². The fourth-order valence-corrected chi connectivity index (χ4v) is 1.30. The van der Waals surface area contributed by atoms with Crippen LogP contribution in [0, 0.1) is 0 Å². The van der Waals surface area contributed by atoms with Crippen molar-refractivity contribution in [3.05, 3.63) is 5.32 Å². The van der Waals surface area contributed by atoms with Crippen LogP contribution in [0.5, 0.6) is 0 Å². The van der Waals surface area contributed by atoms with Gasteiger partial charge in [-0.3, -0.25) is 0 Å². The zero-order valence-corrected chi connectivity index (χ0v) is 11.4. The molecule has 0 spiro atoms. The molecule has 2 heteroatoms. The van der Waals surface area contributed by atoms with Gasteiger partial charge in [0.1, 0.15) is 0 Å². The molecule has 0 aromatic heterocycles. The van der Waals surface area contributed by atoms with Crippen LogP contribution in [0.3, 0.4) is 0 Å². The third-order valence-corrected chi connectivity index (χ3v) is 2.31. The number of hydrogen-bond acceptors (Lipinski definition) is 0. The third-order valence-electron chi connectivity index (χ3n) is 2.31. The molecule has 0 saturated carbocycles. The van der Waals surface area contributed by atoms with Crippen molar-refractivity contribution in [3.8, 4) is 0 Å². The van der Waals surface area contributed by atoms with Crippen molar-refractivity contribution in [3.63, 3.8) is 0 Å². The van der Waals surface area contributed by atoms with Gasteiger partial charge in [0.25, 0.3) is 0 Å². The van der Waals surface area contributed by atoms with Crippen molar-refractivity contribution < 1.29 is 29.6 Å². The van der Waals surface area contributed by atoms with Crippen molar-refractivity contribution >= 4 is 0 Å². The number of hydrogen-bond donors (Lipinski definition) is 0. The predicted molar refractivity (Wildman–Crippen MR) is 52.1 cm³/mol. The van der Waals surface area contributed by atoms with Gasteiger partial charge in [-0.25, -0.2) is 0 Å². The monoisotopic (exact) mass is 179 g/mol. The van der Waals surface area contributed by atoms with Crippen LogP contribution in [0.15, 0.2) is 0 Å². The smallest absolute Gasteiger partial charge is 0.657 e. The summed E-state index contributed by atoms with van der Waals surface area (Å²) >= 11 is 0. The third kappa shape index (κ3) is 6.47. The summed E-state index contributed by atoms with van der Waals surface area (Å²) in [5.41, 5.74) is 0. The van der Waals surface area contributed by atoms with E-state index in [1.807, 2.05) is 0 Å². The summed E-state index contributed by atoms with van der Waals surface area (Å²) in [4.78, 5) is 0. The van der Waals surface area contributed by atoms with Gasteiger partial charge in [-0.05, 0) is 0 Å². The Morgan fingerprint density at radius 3 is 1.17 bits per heavy atom. The van der Waals surface area contributed by atoms with E-state index in [0.29, 0.717) is 12.1 Å². The van der Waals surface area contributed by atoms with Gasteiger partial charge >= 0.3 is 29.6 Å². The first-order chi connectivity index (χ1) is 5.28. The average Bonchev–Trinajstić information content (AvgIpc) is 2.07. The fourth-order valence-electron chi connectivity index (χ4n) is 1.30. The summed E-state index contributed by atoms with van der Waals surface area (Å²) < 4.78 is 0. The molecule has 0 aromatic rings. The maximum Gasteiger partial charge on any atom is 1.00 e. The van der Waals surface area contributed by atoms with Gasteiger partial charge in [-0.2, -0.15) is 0 Å². The van der Waals surface area contributed by atoms with Crippen LogP contribution in [0.25, 0.3) is 5.32 Å². The average molecular weight is 179 g/mol. The predicted octanol–water partition coefficient (Wildman–Crippen LogP) is 0.741. The summed E-state index contributed by atoms with van der Waals surface area (Å²) in [5.74, 6) is 0. The molecule has 0 rings (SSSR count). The Hall–Kier alpha value is 0.960. The van der Waals surface area contributed by atoms with Crippen molar-refractivity contribution in [1.82, 2.24) is 0 Å². The van der Waals surface area contributed by atoms with Crippen LogP contribution < -0.4 is 29.6 Å². The Labute approximate surface area is 100.0 Å². The molecule has 0 radical (unpaired) electrons. The van der Waals surface area contributed by atoms with Gasteiger partial charge in [-0.15, -0.1) is 12.1 Å². The molecule has 0 bridgehead atoms. The van der Waals surface area contributed by atoms with Gasteiger partial charge < -0.3 is 5.32 Å². The topological polar surface area (TPSA) is 14.1 Å². The van der Waals surface area contributed by atoms with E-state index in [2.05, 4.69) is 27.7 Å². The zero-order valence-electron chi connectivity index (χ0n) is 9.43. The minimum absolute atomic E-state index is 0. The first-order valence-electron chi connectivity index (χ1n) is 4.98. The van der Waals surface area contributed by atoms with Crippen molar-refractivity contribution in [2.24, 2.45) is 0 Å². The molecule has 0 amide bonds. The molecular formula is C10H22NNa. The van der Waals surface area contributed by atoms with Crippen LogP contribution in [-0.4, -0.2) is 12.1 Å². The van der Waals surface area contributed by atoms with Gasteiger partial charge in [0.2, 0.25) is 0 Å². The van der Waals surface area contributed by atoms with E-state index in [4.69, 9.17) is 5.32 Å². The normalized spacial score (nSPS) is 10.5. The van der Waals surface area contributed by atoms with Crippen LogP contribution in [0.2, 0.25) is 0 Å². The van der Waals surface area contributed by atoms with Crippen molar-refractivity contribution in [2.75, 3.05) is 0 Å². The maximum atomic E-state index is 4.75. The molecule has 0 aromatic carbocycles. The summed E-state index contributed by atoms with van der Waals surface area (Å²) in [6.45, 7) is 8.89. The molecule has 0 N–H and O–H groups in total. The maximum absolute atomic E-state index is 4.75. The summed E-state index contributed by atoms with van der Waals surface area (Å²) in [6.07, 6.45) is 4.81. The largest absolute Gasteiger partial charge is 1.00 e. The first kappa shape index (κ1) is 15.4. The van der Waals surface area contributed by atoms with Crippen LogP contribution in [0.1, 0.15) is 53.4 Å². The Morgan fingerprint density at radius 2 is 1.00 bits per heavy atom. The molecule has 0 aliphatic rings. The molecule has 0 atom stereocenters.